The average molecular weight is 377 g/mol. The van der Waals surface area contributed by atoms with Crippen LogP contribution in [0, 0.1) is 0 Å². The van der Waals surface area contributed by atoms with Crippen LogP contribution in [-0.4, -0.2) is 41.2 Å². The Morgan fingerprint density at radius 1 is 1.57 bits per heavy atom. The maximum atomic E-state index is 12.5. The molecule has 0 bridgehead atoms. The second-order valence-electron chi connectivity index (χ2n) is 5.17. The molecule has 4 nitrogen and oxygen atoms in total. The number of aliphatic hydroxyl groups excluding tert-OH is 1. The van der Waals surface area contributed by atoms with Crippen LogP contribution in [0.15, 0.2) is 22.7 Å². The molecule has 21 heavy (non-hydrogen) atoms. The molecule has 1 saturated carbocycles. The van der Waals surface area contributed by atoms with Gasteiger partial charge in [-0.25, -0.2) is 0 Å². The number of carbonyl (C=O) groups excluding carboxylic acids is 1. The summed E-state index contributed by atoms with van der Waals surface area (Å²) in [6.07, 6.45) is 2.54. The highest BCUT2D eigenvalue weighted by Gasteiger charge is 2.31. The Labute approximate surface area is 138 Å². The summed E-state index contributed by atoms with van der Waals surface area (Å²) < 4.78 is 6.44. The van der Waals surface area contributed by atoms with E-state index in [0.29, 0.717) is 21.8 Å². The van der Waals surface area contributed by atoms with Gasteiger partial charge in [-0.15, -0.1) is 0 Å². The van der Waals surface area contributed by atoms with E-state index < -0.39 is 6.10 Å². The number of benzene rings is 1. The molecule has 1 aliphatic carbocycles. The van der Waals surface area contributed by atoms with Crippen LogP contribution in [0.25, 0.3) is 0 Å². The van der Waals surface area contributed by atoms with Crippen molar-refractivity contribution in [3.8, 4) is 5.75 Å². The fourth-order valence-corrected chi connectivity index (χ4v) is 3.10. The molecule has 1 N–H and O–H groups in total. The Hall–Kier alpha value is -0.780. The number of carbonyl (C=O) groups is 1. The van der Waals surface area contributed by atoms with Crippen LogP contribution in [-0.2, 0) is 4.79 Å². The van der Waals surface area contributed by atoms with E-state index in [1.165, 1.54) is 0 Å². The van der Waals surface area contributed by atoms with Crippen LogP contribution in [0.2, 0.25) is 5.02 Å². The van der Waals surface area contributed by atoms with E-state index in [1.54, 1.807) is 30.0 Å². The Morgan fingerprint density at radius 2 is 2.29 bits per heavy atom. The van der Waals surface area contributed by atoms with Crippen molar-refractivity contribution in [1.29, 1.82) is 0 Å². The Bertz CT molecular complexity index is 508. The van der Waals surface area contributed by atoms with Gasteiger partial charge >= 0.3 is 0 Å². The number of nitrogens with zero attached hydrogens (tertiary/aromatic N) is 1. The lowest BCUT2D eigenvalue weighted by Gasteiger charge is -2.38. The number of hydrogen-bond donors (Lipinski definition) is 1. The van der Waals surface area contributed by atoms with E-state index in [9.17, 15) is 4.79 Å². The average Bonchev–Trinajstić information content (AvgIpc) is 2.38. The zero-order valence-corrected chi connectivity index (χ0v) is 14.2. The van der Waals surface area contributed by atoms with Gasteiger partial charge in [-0.05, 0) is 60.3 Å². The van der Waals surface area contributed by atoms with E-state index >= 15 is 0 Å². The van der Waals surface area contributed by atoms with Gasteiger partial charge in [0.1, 0.15) is 5.75 Å². The summed E-state index contributed by atoms with van der Waals surface area (Å²) in [5.41, 5.74) is 0. The number of aliphatic hydroxyl groups is 1. The lowest BCUT2D eigenvalue weighted by Crippen LogP contribution is -2.50. The normalized spacial score (nSPS) is 16.2. The molecular weight excluding hydrogens is 358 g/mol. The fraction of sp³-hybridized carbons (Fsp3) is 0.533. The molecular formula is C15H19BrClNO3. The predicted molar refractivity (Wildman–Crippen MR) is 85.7 cm³/mol. The first-order valence-corrected chi connectivity index (χ1v) is 8.23. The Balaban J connectivity index is 2.03. The van der Waals surface area contributed by atoms with Gasteiger partial charge in [0.05, 0.1) is 11.1 Å². The SMILES string of the molecule is CC(Oc1ccc(Cl)cc1Br)C(=O)N(CCO)C1CCC1. The molecule has 1 aliphatic rings. The zero-order chi connectivity index (χ0) is 15.4. The smallest absolute Gasteiger partial charge is 0.263 e. The van der Waals surface area contributed by atoms with E-state index in [4.69, 9.17) is 21.4 Å². The van der Waals surface area contributed by atoms with E-state index in [-0.39, 0.29) is 18.6 Å². The van der Waals surface area contributed by atoms with Crippen LogP contribution in [0.5, 0.6) is 5.75 Å². The van der Waals surface area contributed by atoms with Crippen molar-refractivity contribution in [1.82, 2.24) is 4.90 Å². The third-order valence-electron chi connectivity index (χ3n) is 3.68. The summed E-state index contributed by atoms with van der Waals surface area (Å²) in [6.45, 7) is 2.06. The summed E-state index contributed by atoms with van der Waals surface area (Å²) in [6, 6.07) is 5.42. The van der Waals surface area contributed by atoms with Gasteiger partial charge in [0.15, 0.2) is 6.10 Å². The minimum Gasteiger partial charge on any atom is -0.480 e. The van der Waals surface area contributed by atoms with Gasteiger partial charge in [-0.3, -0.25) is 4.79 Å². The number of halogens is 2. The largest absolute Gasteiger partial charge is 0.480 e. The minimum absolute atomic E-state index is 0.0282. The molecule has 1 fully saturated rings. The summed E-state index contributed by atoms with van der Waals surface area (Å²) in [5, 5.41) is 9.74. The molecule has 1 aromatic carbocycles. The second kappa shape index (κ2) is 7.47. The fourth-order valence-electron chi connectivity index (χ4n) is 2.32. The van der Waals surface area contributed by atoms with Crippen molar-refractivity contribution < 1.29 is 14.6 Å². The lowest BCUT2D eigenvalue weighted by molar-refractivity contribution is -0.142. The maximum absolute atomic E-state index is 12.5. The highest BCUT2D eigenvalue weighted by Crippen LogP contribution is 2.30. The molecule has 1 atom stereocenters. The van der Waals surface area contributed by atoms with E-state index in [2.05, 4.69) is 15.9 Å². The molecule has 0 spiro atoms. The Morgan fingerprint density at radius 3 is 2.81 bits per heavy atom. The number of ether oxygens (including phenoxy) is 1. The van der Waals surface area contributed by atoms with Gasteiger partial charge in [-0.1, -0.05) is 11.6 Å². The molecule has 6 heteroatoms. The maximum Gasteiger partial charge on any atom is 0.263 e. The number of amides is 1. The number of rotatable bonds is 6. The summed E-state index contributed by atoms with van der Waals surface area (Å²) in [7, 11) is 0. The number of hydrogen-bond acceptors (Lipinski definition) is 3. The van der Waals surface area contributed by atoms with Gasteiger partial charge in [0, 0.05) is 17.6 Å². The molecule has 2 rings (SSSR count). The molecule has 0 aromatic heterocycles. The van der Waals surface area contributed by atoms with E-state index in [0.717, 1.165) is 19.3 Å². The van der Waals surface area contributed by atoms with Gasteiger partial charge < -0.3 is 14.7 Å². The van der Waals surface area contributed by atoms with Crippen molar-refractivity contribution in [3.05, 3.63) is 27.7 Å². The highest BCUT2D eigenvalue weighted by molar-refractivity contribution is 9.10. The molecule has 0 heterocycles. The summed E-state index contributed by atoms with van der Waals surface area (Å²) in [4.78, 5) is 14.2. The predicted octanol–water partition coefficient (Wildman–Crippen LogP) is 3.24. The standard InChI is InChI=1S/C15H19BrClNO3/c1-10(21-14-6-5-11(17)9-13(14)16)15(20)18(7-8-19)12-3-2-4-12/h5-6,9-10,12,19H,2-4,7-8H2,1H3. The van der Waals surface area contributed by atoms with Gasteiger partial charge in [0.25, 0.3) is 5.91 Å². The van der Waals surface area contributed by atoms with Crippen LogP contribution < -0.4 is 4.74 Å². The van der Waals surface area contributed by atoms with Crippen molar-refractivity contribution >= 4 is 33.4 Å². The molecule has 0 aliphatic heterocycles. The van der Waals surface area contributed by atoms with Crippen LogP contribution in [0.3, 0.4) is 0 Å². The minimum atomic E-state index is -0.602. The monoisotopic (exact) mass is 375 g/mol. The third kappa shape index (κ3) is 4.11. The zero-order valence-electron chi connectivity index (χ0n) is 11.9. The summed E-state index contributed by atoms with van der Waals surface area (Å²) in [5.74, 6) is 0.494. The lowest BCUT2D eigenvalue weighted by atomic mass is 9.91. The van der Waals surface area contributed by atoms with Crippen molar-refractivity contribution in [3.63, 3.8) is 0 Å². The van der Waals surface area contributed by atoms with Crippen molar-refractivity contribution in [2.24, 2.45) is 0 Å². The first-order chi connectivity index (χ1) is 10.0. The van der Waals surface area contributed by atoms with E-state index in [1.807, 2.05) is 0 Å². The summed E-state index contributed by atoms with van der Waals surface area (Å²) >= 11 is 9.26. The van der Waals surface area contributed by atoms with Gasteiger partial charge in [-0.2, -0.15) is 0 Å². The molecule has 0 radical (unpaired) electrons. The molecule has 116 valence electrons. The first kappa shape index (κ1) is 16.6. The quantitative estimate of drug-likeness (QED) is 0.829. The first-order valence-electron chi connectivity index (χ1n) is 7.06. The van der Waals surface area contributed by atoms with Crippen molar-refractivity contribution in [2.45, 2.75) is 38.3 Å². The van der Waals surface area contributed by atoms with Crippen LogP contribution in [0.1, 0.15) is 26.2 Å². The Kier molecular flexibility index (Phi) is 5.90. The van der Waals surface area contributed by atoms with Crippen LogP contribution in [0.4, 0.5) is 0 Å². The molecule has 1 unspecified atom stereocenters. The van der Waals surface area contributed by atoms with Crippen LogP contribution >= 0.6 is 27.5 Å². The highest BCUT2D eigenvalue weighted by atomic mass is 79.9. The third-order valence-corrected chi connectivity index (χ3v) is 4.54. The topological polar surface area (TPSA) is 49.8 Å². The molecule has 1 amide bonds. The molecule has 1 aromatic rings. The van der Waals surface area contributed by atoms with Gasteiger partial charge in [0.2, 0.25) is 0 Å². The molecule has 0 saturated heterocycles. The second-order valence-corrected chi connectivity index (χ2v) is 6.47. The van der Waals surface area contributed by atoms with Crippen molar-refractivity contribution in [2.75, 3.05) is 13.2 Å².